The Kier molecular flexibility index (Phi) is 7.06. The van der Waals surface area contributed by atoms with Crippen LogP contribution in [-0.4, -0.2) is 9.13 Å². The molecule has 5 nitrogen and oxygen atoms in total. The van der Waals surface area contributed by atoms with Gasteiger partial charge < -0.3 is 18.9 Å². The lowest BCUT2D eigenvalue weighted by Gasteiger charge is -2.33. The first-order valence-electron chi connectivity index (χ1n) is 19.6. The Hall–Kier alpha value is -7.34. The second-order valence-corrected chi connectivity index (χ2v) is 15.0. The summed E-state index contributed by atoms with van der Waals surface area (Å²) in [5.41, 5.74) is 13.3. The highest BCUT2D eigenvalue weighted by molar-refractivity contribution is 6.28. The number of hydrogen-bond acceptors (Lipinski definition) is 3. The summed E-state index contributed by atoms with van der Waals surface area (Å²) in [6.07, 6.45) is 2.16. The van der Waals surface area contributed by atoms with Gasteiger partial charge in [0.05, 0.1) is 28.1 Å². The lowest BCUT2D eigenvalue weighted by molar-refractivity contribution is 0.442. The fourth-order valence-corrected chi connectivity index (χ4v) is 9.21. The van der Waals surface area contributed by atoms with Crippen molar-refractivity contribution in [2.24, 2.45) is 0 Å². The average molecular weight is 733 g/mol. The van der Waals surface area contributed by atoms with E-state index in [9.17, 15) is 0 Å². The van der Waals surface area contributed by atoms with Gasteiger partial charge in [-0.05, 0) is 77.4 Å². The van der Waals surface area contributed by atoms with Crippen LogP contribution in [0.15, 0.2) is 199 Å². The Labute approximate surface area is 328 Å². The van der Waals surface area contributed by atoms with Crippen molar-refractivity contribution < 1.29 is 4.42 Å². The molecule has 2 atom stereocenters. The first kappa shape index (κ1) is 32.0. The van der Waals surface area contributed by atoms with E-state index in [0.29, 0.717) is 0 Å². The Morgan fingerprint density at radius 1 is 0.439 bits per heavy atom. The zero-order chi connectivity index (χ0) is 37.5. The van der Waals surface area contributed by atoms with Gasteiger partial charge in [-0.1, -0.05) is 133 Å². The molecule has 0 radical (unpaired) electrons. The molecule has 8 aromatic carbocycles. The van der Waals surface area contributed by atoms with Crippen LogP contribution in [0.3, 0.4) is 0 Å². The van der Waals surface area contributed by atoms with Gasteiger partial charge in [-0.15, -0.1) is 0 Å². The van der Waals surface area contributed by atoms with Crippen molar-refractivity contribution in [1.82, 2.24) is 19.8 Å². The molecule has 0 amide bonds. The molecule has 0 saturated carbocycles. The summed E-state index contributed by atoms with van der Waals surface area (Å²) in [5, 5.41) is 14.8. The molecule has 1 aliphatic heterocycles. The van der Waals surface area contributed by atoms with Crippen molar-refractivity contribution in [3.05, 3.63) is 211 Å². The van der Waals surface area contributed by atoms with Crippen LogP contribution in [-0.2, 0) is 0 Å². The summed E-state index contributed by atoms with van der Waals surface area (Å²) >= 11 is 0. The maximum Gasteiger partial charge on any atom is 0.136 e. The molecule has 2 N–H and O–H groups in total. The minimum absolute atomic E-state index is 0.0281. The number of rotatable bonds is 5. The van der Waals surface area contributed by atoms with Gasteiger partial charge >= 0.3 is 0 Å². The highest BCUT2D eigenvalue weighted by Gasteiger charge is 2.26. The molecule has 0 spiro atoms. The van der Waals surface area contributed by atoms with Crippen molar-refractivity contribution in [3.63, 3.8) is 0 Å². The number of nitrogens with zero attached hydrogens (tertiary/aromatic N) is 2. The van der Waals surface area contributed by atoms with Crippen molar-refractivity contribution >= 4 is 71.2 Å². The van der Waals surface area contributed by atoms with E-state index >= 15 is 0 Å². The second kappa shape index (κ2) is 12.6. The van der Waals surface area contributed by atoms with E-state index in [2.05, 4.69) is 208 Å². The van der Waals surface area contributed by atoms with Crippen LogP contribution in [0.4, 0.5) is 0 Å². The van der Waals surface area contributed by atoms with Gasteiger partial charge in [-0.3, -0.25) is 5.32 Å². The molecule has 5 heteroatoms. The molecule has 0 saturated heterocycles. The Bertz CT molecular complexity index is 3360. The van der Waals surface area contributed by atoms with Crippen LogP contribution in [0, 0.1) is 0 Å². The largest absolute Gasteiger partial charge is 0.456 e. The van der Waals surface area contributed by atoms with Crippen LogP contribution in [0.1, 0.15) is 28.9 Å². The third-order valence-electron chi connectivity index (χ3n) is 11.8. The van der Waals surface area contributed by atoms with E-state index in [1.54, 1.807) is 0 Å². The first-order chi connectivity index (χ1) is 28.3. The molecule has 4 heterocycles. The van der Waals surface area contributed by atoms with E-state index < -0.39 is 0 Å². The average Bonchev–Trinajstić information content (AvgIpc) is 3.93. The summed E-state index contributed by atoms with van der Waals surface area (Å²) in [6, 6.07) is 67.4. The molecule has 0 fully saturated rings. The minimum atomic E-state index is -0.139. The Balaban J connectivity index is 1.12. The van der Waals surface area contributed by atoms with Gasteiger partial charge in [-0.2, -0.15) is 0 Å². The zero-order valence-corrected chi connectivity index (χ0v) is 30.9. The quantitative estimate of drug-likeness (QED) is 0.185. The van der Waals surface area contributed by atoms with Gasteiger partial charge in [-0.25, -0.2) is 0 Å². The van der Waals surface area contributed by atoms with Crippen molar-refractivity contribution in [2.75, 3.05) is 0 Å². The van der Waals surface area contributed by atoms with E-state index in [1.807, 2.05) is 6.07 Å². The molecule has 1 aliphatic rings. The number of hydrogen-bond donors (Lipinski definition) is 2. The predicted octanol–water partition coefficient (Wildman–Crippen LogP) is 12.8. The van der Waals surface area contributed by atoms with Crippen LogP contribution in [0.25, 0.3) is 82.6 Å². The molecular formula is C52H36N4O. The highest BCUT2D eigenvalue weighted by Crippen LogP contribution is 2.44. The van der Waals surface area contributed by atoms with Crippen molar-refractivity contribution in [2.45, 2.75) is 12.2 Å². The first-order valence-corrected chi connectivity index (χ1v) is 19.6. The smallest absolute Gasteiger partial charge is 0.136 e. The molecule has 57 heavy (non-hydrogen) atoms. The molecule has 2 unspecified atom stereocenters. The molecule has 11 aromatic rings. The monoisotopic (exact) mass is 732 g/mol. The van der Waals surface area contributed by atoms with E-state index in [-0.39, 0.29) is 12.2 Å². The third kappa shape index (κ3) is 4.99. The topological polar surface area (TPSA) is 47.1 Å². The molecule has 0 aliphatic carbocycles. The summed E-state index contributed by atoms with van der Waals surface area (Å²) in [6.45, 7) is 0. The Morgan fingerprint density at radius 2 is 1.14 bits per heavy atom. The Morgan fingerprint density at radius 3 is 1.98 bits per heavy atom. The number of furan rings is 1. The third-order valence-corrected chi connectivity index (χ3v) is 11.8. The van der Waals surface area contributed by atoms with Crippen molar-refractivity contribution in [3.8, 4) is 11.4 Å². The SMILES string of the molecule is C1=C(c2ccccc2)NC(c2cccc(-n3c4cc5c(cc4c4c3ccc3c6ccccc6n(-c6ccccc6)c34)oc3ccccc35)c2)NC1c1ccccc1. The highest BCUT2D eigenvalue weighted by atomic mass is 16.3. The van der Waals surface area contributed by atoms with Gasteiger partial charge in [0.25, 0.3) is 0 Å². The number of aromatic nitrogens is 2. The summed E-state index contributed by atoms with van der Waals surface area (Å²) in [7, 11) is 0. The maximum absolute atomic E-state index is 6.56. The van der Waals surface area contributed by atoms with Gasteiger partial charge in [0.1, 0.15) is 17.3 Å². The van der Waals surface area contributed by atoms with Crippen molar-refractivity contribution in [1.29, 1.82) is 0 Å². The summed E-state index contributed by atoms with van der Waals surface area (Å²) < 4.78 is 11.5. The molecule has 0 bridgehead atoms. The zero-order valence-electron chi connectivity index (χ0n) is 30.9. The number of para-hydroxylation sites is 3. The maximum atomic E-state index is 6.56. The molecule has 270 valence electrons. The van der Waals surface area contributed by atoms with E-state index in [0.717, 1.165) is 66.6 Å². The lowest BCUT2D eigenvalue weighted by atomic mass is 9.98. The normalized spacial score (nSPS) is 15.9. The molecule has 3 aromatic heterocycles. The standard InChI is InChI=1S/C52H36N4O/c1-4-15-33(16-5-1)43-32-44(34-17-6-2-7-18-34)54-52(53-43)35-19-14-22-37(29-35)55-46-28-27-40-38-23-10-12-25-45(38)56(36-20-8-3-9-21-36)51(40)50(46)42-31-49-41(30-47(42)55)39-24-11-13-26-48(39)57-49/h1-32,43,52-54H. The summed E-state index contributed by atoms with van der Waals surface area (Å²) in [4.78, 5) is 0. The van der Waals surface area contributed by atoms with Crippen LogP contribution >= 0.6 is 0 Å². The van der Waals surface area contributed by atoms with E-state index in [4.69, 9.17) is 4.42 Å². The lowest BCUT2D eigenvalue weighted by Crippen LogP contribution is -2.39. The second-order valence-electron chi connectivity index (χ2n) is 15.0. The van der Waals surface area contributed by atoms with Gasteiger partial charge in [0.2, 0.25) is 0 Å². The number of nitrogens with one attached hydrogen (secondary N) is 2. The van der Waals surface area contributed by atoms with Crippen LogP contribution in [0.2, 0.25) is 0 Å². The van der Waals surface area contributed by atoms with E-state index in [1.165, 1.54) is 32.8 Å². The fourth-order valence-electron chi connectivity index (χ4n) is 9.21. The number of benzene rings is 8. The fraction of sp³-hybridized carbons (Fsp3) is 0.0385. The molecular weight excluding hydrogens is 697 g/mol. The minimum Gasteiger partial charge on any atom is -0.456 e. The van der Waals surface area contributed by atoms with Crippen LogP contribution in [0.5, 0.6) is 0 Å². The van der Waals surface area contributed by atoms with Gasteiger partial charge in [0.15, 0.2) is 0 Å². The molecule has 12 rings (SSSR count). The summed E-state index contributed by atoms with van der Waals surface area (Å²) in [5.74, 6) is 0. The number of fused-ring (bicyclic) bond motifs is 10. The van der Waals surface area contributed by atoms with Crippen LogP contribution < -0.4 is 10.6 Å². The van der Waals surface area contributed by atoms with Gasteiger partial charge in [0, 0.05) is 49.4 Å². The predicted molar refractivity (Wildman–Crippen MR) is 235 cm³/mol.